The highest BCUT2D eigenvalue weighted by Gasteiger charge is 2.52. The summed E-state index contributed by atoms with van der Waals surface area (Å²) in [5, 5.41) is 1.29. The van der Waals surface area contributed by atoms with Crippen molar-refractivity contribution in [3.8, 4) is 0 Å². The van der Waals surface area contributed by atoms with Crippen molar-refractivity contribution >= 4 is 33.3 Å². The SMILES string of the molecule is CC(C)c1ccc2sc(B3OC(C)(C)C(C)(C)O3)cc2c1. The molecule has 0 amide bonds. The Kier molecular flexibility index (Phi) is 3.47. The van der Waals surface area contributed by atoms with Gasteiger partial charge in [-0.1, -0.05) is 26.0 Å². The molecule has 2 nitrogen and oxygen atoms in total. The molecule has 0 spiro atoms. The zero-order valence-corrected chi connectivity index (χ0v) is 14.5. The maximum Gasteiger partial charge on any atom is 0.505 e. The van der Waals surface area contributed by atoms with Crippen molar-refractivity contribution < 1.29 is 9.31 Å². The quantitative estimate of drug-likeness (QED) is 0.769. The number of hydrogen-bond donors (Lipinski definition) is 0. The highest BCUT2D eigenvalue weighted by atomic mass is 32.1. The lowest BCUT2D eigenvalue weighted by molar-refractivity contribution is 0.00578. The maximum absolute atomic E-state index is 6.15. The summed E-state index contributed by atoms with van der Waals surface area (Å²) in [5.41, 5.74) is 0.814. The predicted molar refractivity (Wildman–Crippen MR) is 91.6 cm³/mol. The van der Waals surface area contributed by atoms with Gasteiger partial charge in [0.2, 0.25) is 0 Å². The summed E-state index contributed by atoms with van der Waals surface area (Å²) in [6.07, 6.45) is 0. The molecule has 2 heterocycles. The van der Waals surface area contributed by atoms with Gasteiger partial charge in [0.25, 0.3) is 0 Å². The zero-order valence-electron chi connectivity index (χ0n) is 13.7. The van der Waals surface area contributed by atoms with Crippen LogP contribution in [0.4, 0.5) is 0 Å². The molecule has 2 aromatic rings. The summed E-state index contributed by atoms with van der Waals surface area (Å²) in [6.45, 7) is 12.8. The standard InChI is InChI=1S/C17H23BO2S/c1-11(2)12-7-8-14-13(9-12)10-15(21-14)18-19-16(3,4)17(5,6)20-18/h7-11H,1-6H3. The van der Waals surface area contributed by atoms with Crippen LogP contribution < -0.4 is 4.78 Å². The van der Waals surface area contributed by atoms with E-state index in [1.54, 1.807) is 11.3 Å². The van der Waals surface area contributed by atoms with Crippen molar-refractivity contribution in [2.45, 2.75) is 58.7 Å². The van der Waals surface area contributed by atoms with Crippen LogP contribution in [0.15, 0.2) is 24.3 Å². The van der Waals surface area contributed by atoms with Crippen LogP contribution in [0.1, 0.15) is 53.0 Å². The zero-order chi connectivity index (χ0) is 15.4. The van der Waals surface area contributed by atoms with Gasteiger partial charge in [-0.15, -0.1) is 11.3 Å². The molecule has 3 rings (SSSR count). The Balaban J connectivity index is 1.96. The average Bonchev–Trinajstić information content (AvgIpc) is 2.87. The van der Waals surface area contributed by atoms with Crippen LogP contribution in [0.25, 0.3) is 10.1 Å². The van der Waals surface area contributed by atoms with Gasteiger partial charge in [0.1, 0.15) is 0 Å². The number of hydrogen-bond acceptors (Lipinski definition) is 3. The van der Waals surface area contributed by atoms with Gasteiger partial charge in [-0.3, -0.25) is 0 Å². The smallest absolute Gasteiger partial charge is 0.399 e. The average molecular weight is 302 g/mol. The Labute approximate surface area is 131 Å². The van der Waals surface area contributed by atoms with E-state index in [0.717, 1.165) is 4.78 Å². The predicted octanol–water partition coefficient (Wildman–Crippen LogP) is 4.32. The summed E-state index contributed by atoms with van der Waals surface area (Å²) in [7, 11) is -0.255. The van der Waals surface area contributed by atoms with Crippen molar-refractivity contribution in [1.29, 1.82) is 0 Å². The molecule has 21 heavy (non-hydrogen) atoms. The van der Waals surface area contributed by atoms with Crippen molar-refractivity contribution in [2.24, 2.45) is 0 Å². The molecule has 1 aliphatic heterocycles. The fourth-order valence-corrected chi connectivity index (χ4v) is 3.52. The van der Waals surface area contributed by atoms with Crippen LogP contribution in [-0.4, -0.2) is 18.3 Å². The van der Waals surface area contributed by atoms with E-state index in [2.05, 4.69) is 65.8 Å². The third-order valence-electron chi connectivity index (χ3n) is 4.71. The van der Waals surface area contributed by atoms with Gasteiger partial charge in [0.05, 0.1) is 11.2 Å². The first-order valence-corrected chi connectivity index (χ1v) is 8.40. The molecular formula is C17H23BO2S. The number of benzene rings is 1. The lowest BCUT2D eigenvalue weighted by Gasteiger charge is -2.32. The number of thiophene rings is 1. The van der Waals surface area contributed by atoms with Crippen LogP contribution in [0, 0.1) is 0 Å². The van der Waals surface area contributed by atoms with Crippen LogP contribution in [-0.2, 0) is 9.31 Å². The van der Waals surface area contributed by atoms with E-state index >= 15 is 0 Å². The van der Waals surface area contributed by atoms with Crippen LogP contribution in [0.2, 0.25) is 0 Å². The largest absolute Gasteiger partial charge is 0.505 e. The van der Waals surface area contributed by atoms with Crippen molar-refractivity contribution in [3.05, 3.63) is 29.8 Å². The Morgan fingerprint density at radius 3 is 2.19 bits per heavy atom. The van der Waals surface area contributed by atoms with Crippen molar-refractivity contribution in [1.82, 2.24) is 0 Å². The van der Waals surface area contributed by atoms with Crippen LogP contribution in [0.3, 0.4) is 0 Å². The van der Waals surface area contributed by atoms with E-state index in [0.29, 0.717) is 5.92 Å². The molecular weight excluding hydrogens is 279 g/mol. The summed E-state index contributed by atoms with van der Waals surface area (Å²) < 4.78 is 14.7. The minimum atomic E-state index is -0.281. The van der Waals surface area contributed by atoms with Crippen molar-refractivity contribution in [3.63, 3.8) is 0 Å². The summed E-state index contributed by atoms with van der Waals surface area (Å²) in [4.78, 5) is 0. The van der Waals surface area contributed by atoms with E-state index in [1.807, 2.05) is 0 Å². The minimum Gasteiger partial charge on any atom is -0.399 e. The monoisotopic (exact) mass is 302 g/mol. The number of fused-ring (bicyclic) bond motifs is 1. The second kappa shape index (κ2) is 4.84. The first-order valence-electron chi connectivity index (χ1n) is 7.59. The molecule has 0 atom stereocenters. The fourth-order valence-electron chi connectivity index (χ4n) is 2.52. The molecule has 0 unspecified atom stereocenters. The van der Waals surface area contributed by atoms with Crippen molar-refractivity contribution in [2.75, 3.05) is 0 Å². The molecule has 4 heteroatoms. The topological polar surface area (TPSA) is 18.5 Å². The third-order valence-corrected chi connectivity index (χ3v) is 5.85. The molecule has 0 saturated carbocycles. The van der Waals surface area contributed by atoms with E-state index in [9.17, 15) is 0 Å². The molecule has 1 aromatic carbocycles. The Morgan fingerprint density at radius 2 is 1.62 bits per heavy atom. The van der Waals surface area contributed by atoms with Gasteiger partial charge in [0, 0.05) is 9.48 Å². The molecule has 1 fully saturated rings. The Bertz CT molecular complexity index is 656. The molecule has 0 radical (unpaired) electrons. The highest BCUT2D eigenvalue weighted by molar-refractivity contribution is 7.28. The lowest BCUT2D eigenvalue weighted by atomic mass is 9.87. The summed E-state index contributed by atoms with van der Waals surface area (Å²) in [6, 6.07) is 8.93. The van der Waals surface area contributed by atoms with E-state index < -0.39 is 0 Å². The number of rotatable bonds is 2. The lowest BCUT2D eigenvalue weighted by Crippen LogP contribution is -2.41. The molecule has 112 valence electrons. The molecule has 1 aromatic heterocycles. The minimum absolute atomic E-state index is 0.255. The second-order valence-electron chi connectivity index (χ2n) is 7.19. The highest BCUT2D eigenvalue weighted by Crippen LogP contribution is 2.37. The molecule has 0 aliphatic carbocycles. The molecule has 0 N–H and O–H groups in total. The summed E-state index contributed by atoms with van der Waals surface area (Å²) in [5.74, 6) is 0.551. The second-order valence-corrected chi connectivity index (χ2v) is 8.30. The maximum atomic E-state index is 6.15. The first-order chi connectivity index (χ1) is 9.69. The van der Waals surface area contributed by atoms with Gasteiger partial charge >= 0.3 is 7.12 Å². The molecule has 1 saturated heterocycles. The van der Waals surface area contributed by atoms with Gasteiger partial charge in [-0.25, -0.2) is 0 Å². The molecule has 1 aliphatic rings. The first kappa shape index (κ1) is 15.1. The van der Waals surface area contributed by atoms with E-state index in [1.165, 1.54) is 15.6 Å². The van der Waals surface area contributed by atoms with Crippen LogP contribution in [0.5, 0.6) is 0 Å². The van der Waals surface area contributed by atoms with Gasteiger partial charge in [0.15, 0.2) is 0 Å². The van der Waals surface area contributed by atoms with E-state index in [4.69, 9.17) is 9.31 Å². The Morgan fingerprint density at radius 1 is 1.00 bits per heavy atom. The van der Waals surface area contributed by atoms with Gasteiger partial charge in [-0.2, -0.15) is 0 Å². The fraction of sp³-hybridized carbons (Fsp3) is 0.529. The Hall–Kier alpha value is -0.835. The van der Waals surface area contributed by atoms with E-state index in [-0.39, 0.29) is 18.3 Å². The normalized spacial score (nSPS) is 20.6. The summed E-state index contributed by atoms with van der Waals surface area (Å²) >= 11 is 1.77. The third kappa shape index (κ3) is 2.54. The molecule has 0 bridgehead atoms. The van der Waals surface area contributed by atoms with Gasteiger partial charge < -0.3 is 9.31 Å². The van der Waals surface area contributed by atoms with Gasteiger partial charge in [-0.05, 0) is 56.7 Å². The van der Waals surface area contributed by atoms with Crippen LogP contribution >= 0.6 is 11.3 Å².